The third-order valence-corrected chi connectivity index (χ3v) is 3.30. The molecule has 0 aromatic rings. The van der Waals surface area contributed by atoms with Crippen LogP contribution in [0.15, 0.2) is 0 Å². The first kappa shape index (κ1) is 15.4. The summed E-state index contributed by atoms with van der Waals surface area (Å²) >= 11 is 0. The molecule has 0 aromatic heterocycles. The van der Waals surface area contributed by atoms with E-state index in [1.807, 2.05) is 0 Å². The van der Waals surface area contributed by atoms with Crippen molar-refractivity contribution in [1.82, 2.24) is 0 Å². The maximum absolute atomic E-state index is 11.9. The smallest absolute Gasteiger partial charge is 0.310 e. The lowest BCUT2D eigenvalue weighted by Crippen LogP contribution is -2.36. The molecule has 1 aliphatic carbocycles. The Kier molecular flexibility index (Phi) is 7.28. The van der Waals surface area contributed by atoms with Gasteiger partial charge in [0.15, 0.2) is 0 Å². The molecule has 0 aliphatic heterocycles. The molecule has 4 heteroatoms. The first-order chi connectivity index (χ1) is 8.61. The SMILES string of the molecule is CC(C)COCCOC(=O)C1CCCCCC1N. The molecule has 1 rings (SSSR count). The summed E-state index contributed by atoms with van der Waals surface area (Å²) in [6, 6.07) is -0.0309. The van der Waals surface area contributed by atoms with E-state index in [1.54, 1.807) is 0 Å². The second-order valence-corrected chi connectivity index (χ2v) is 5.54. The molecule has 1 saturated carbocycles. The van der Waals surface area contributed by atoms with Crippen molar-refractivity contribution in [1.29, 1.82) is 0 Å². The molecule has 0 aromatic carbocycles. The van der Waals surface area contributed by atoms with Crippen LogP contribution in [0, 0.1) is 11.8 Å². The van der Waals surface area contributed by atoms with E-state index >= 15 is 0 Å². The Labute approximate surface area is 110 Å². The van der Waals surface area contributed by atoms with Crippen LogP contribution < -0.4 is 5.73 Å². The Bertz CT molecular complexity index is 243. The predicted octanol–water partition coefficient (Wildman–Crippen LogP) is 2.11. The molecule has 2 unspecified atom stereocenters. The maximum Gasteiger partial charge on any atom is 0.310 e. The molecule has 0 bridgehead atoms. The third kappa shape index (κ3) is 5.83. The number of esters is 1. The van der Waals surface area contributed by atoms with E-state index in [9.17, 15) is 4.79 Å². The number of carbonyl (C=O) groups excluding carboxylic acids is 1. The first-order valence-corrected chi connectivity index (χ1v) is 7.11. The Balaban J connectivity index is 2.18. The van der Waals surface area contributed by atoms with Gasteiger partial charge in [-0.1, -0.05) is 33.1 Å². The van der Waals surface area contributed by atoms with Crippen molar-refractivity contribution >= 4 is 5.97 Å². The van der Waals surface area contributed by atoms with Crippen molar-refractivity contribution in [3.63, 3.8) is 0 Å². The van der Waals surface area contributed by atoms with Crippen molar-refractivity contribution < 1.29 is 14.3 Å². The van der Waals surface area contributed by atoms with Gasteiger partial charge in [-0.3, -0.25) is 4.79 Å². The largest absolute Gasteiger partial charge is 0.463 e. The zero-order chi connectivity index (χ0) is 13.4. The summed E-state index contributed by atoms with van der Waals surface area (Å²) in [5.41, 5.74) is 6.02. The zero-order valence-corrected chi connectivity index (χ0v) is 11.7. The van der Waals surface area contributed by atoms with E-state index in [1.165, 1.54) is 6.42 Å². The number of rotatable bonds is 6. The van der Waals surface area contributed by atoms with Gasteiger partial charge in [0.1, 0.15) is 6.61 Å². The number of carbonyl (C=O) groups is 1. The molecule has 1 fully saturated rings. The minimum absolute atomic E-state index is 0.0309. The summed E-state index contributed by atoms with van der Waals surface area (Å²) in [4.78, 5) is 11.9. The molecule has 0 spiro atoms. The number of ether oxygens (including phenoxy) is 2. The van der Waals surface area contributed by atoms with Crippen LogP contribution in [0.3, 0.4) is 0 Å². The minimum atomic E-state index is -0.141. The quantitative estimate of drug-likeness (QED) is 0.450. The summed E-state index contributed by atoms with van der Waals surface area (Å²) in [5, 5.41) is 0. The molecule has 18 heavy (non-hydrogen) atoms. The van der Waals surface area contributed by atoms with Crippen LogP contribution in [0.4, 0.5) is 0 Å². The Morgan fingerprint density at radius 1 is 1.22 bits per heavy atom. The monoisotopic (exact) mass is 257 g/mol. The van der Waals surface area contributed by atoms with E-state index < -0.39 is 0 Å². The molecular formula is C14H27NO3. The van der Waals surface area contributed by atoms with Crippen molar-refractivity contribution in [2.24, 2.45) is 17.6 Å². The molecule has 0 heterocycles. The highest BCUT2D eigenvalue weighted by Crippen LogP contribution is 2.23. The van der Waals surface area contributed by atoms with Crippen molar-refractivity contribution in [3.8, 4) is 0 Å². The van der Waals surface area contributed by atoms with Crippen molar-refractivity contribution in [3.05, 3.63) is 0 Å². The molecule has 1 aliphatic rings. The standard InChI is InChI=1S/C14H27NO3/c1-11(2)10-17-8-9-18-14(16)12-6-4-3-5-7-13(12)15/h11-13H,3-10,15H2,1-2H3. The Morgan fingerprint density at radius 3 is 2.67 bits per heavy atom. The summed E-state index contributed by atoms with van der Waals surface area (Å²) in [7, 11) is 0. The van der Waals surface area contributed by atoms with Gasteiger partial charge in [0, 0.05) is 12.6 Å². The van der Waals surface area contributed by atoms with Crippen molar-refractivity contribution in [2.75, 3.05) is 19.8 Å². The molecule has 2 atom stereocenters. The molecule has 4 nitrogen and oxygen atoms in total. The van der Waals surface area contributed by atoms with Gasteiger partial charge in [-0.05, 0) is 18.8 Å². The van der Waals surface area contributed by atoms with Gasteiger partial charge >= 0.3 is 5.97 Å². The lowest BCUT2D eigenvalue weighted by atomic mass is 9.96. The van der Waals surface area contributed by atoms with Gasteiger partial charge in [0.25, 0.3) is 0 Å². The lowest BCUT2D eigenvalue weighted by Gasteiger charge is -2.19. The van der Waals surface area contributed by atoms with Crippen LogP contribution in [0.25, 0.3) is 0 Å². The van der Waals surface area contributed by atoms with Crippen LogP contribution >= 0.6 is 0 Å². The van der Waals surface area contributed by atoms with Crippen LogP contribution in [-0.4, -0.2) is 31.8 Å². The summed E-state index contributed by atoms with van der Waals surface area (Å²) < 4.78 is 10.6. The second-order valence-electron chi connectivity index (χ2n) is 5.54. The lowest BCUT2D eigenvalue weighted by molar-refractivity contribution is -0.151. The Hall–Kier alpha value is -0.610. The fraction of sp³-hybridized carbons (Fsp3) is 0.929. The number of hydrogen-bond donors (Lipinski definition) is 1. The molecular weight excluding hydrogens is 230 g/mol. The van der Waals surface area contributed by atoms with Crippen LogP contribution in [0.1, 0.15) is 46.0 Å². The summed E-state index contributed by atoms with van der Waals surface area (Å²) in [6.45, 7) is 5.72. The van der Waals surface area contributed by atoms with Gasteiger partial charge < -0.3 is 15.2 Å². The first-order valence-electron chi connectivity index (χ1n) is 7.11. The highest BCUT2D eigenvalue weighted by atomic mass is 16.6. The van der Waals surface area contributed by atoms with Crippen LogP contribution in [0.5, 0.6) is 0 Å². The van der Waals surface area contributed by atoms with Gasteiger partial charge in [0.05, 0.1) is 12.5 Å². The summed E-state index contributed by atoms with van der Waals surface area (Å²) in [6.07, 6.45) is 5.19. The fourth-order valence-electron chi connectivity index (χ4n) is 2.26. The van der Waals surface area contributed by atoms with Gasteiger partial charge in [-0.2, -0.15) is 0 Å². The highest BCUT2D eigenvalue weighted by Gasteiger charge is 2.28. The average Bonchev–Trinajstić information content (AvgIpc) is 2.53. The normalized spacial score (nSPS) is 24.9. The third-order valence-electron chi connectivity index (χ3n) is 3.30. The second kappa shape index (κ2) is 8.48. The highest BCUT2D eigenvalue weighted by molar-refractivity contribution is 5.73. The predicted molar refractivity (Wildman–Crippen MR) is 71.2 cm³/mol. The molecule has 106 valence electrons. The van der Waals surface area contributed by atoms with Gasteiger partial charge in [0.2, 0.25) is 0 Å². The average molecular weight is 257 g/mol. The molecule has 0 saturated heterocycles. The van der Waals surface area contributed by atoms with E-state index in [-0.39, 0.29) is 17.9 Å². The summed E-state index contributed by atoms with van der Waals surface area (Å²) in [5.74, 6) is 0.256. The number of nitrogens with two attached hydrogens (primary N) is 1. The van der Waals surface area contributed by atoms with Gasteiger partial charge in [-0.25, -0.2) is 0 Å². The topological polar surface area (TPSA) is 61.5 Å². The van der Waals surface area contributed by atoms with Gasteiger partial charge in [-0.15, -0.1) is 0 Å². The van der Waals surface area contributed by atoms with E-state index in [0.29, 0.717) is 25.7 Å². The zero-order valence-electron chi connectivity index (χ0n) is 11.7. The fourth-order valence-corrected chi connectivity index (χ4v) is 2.26. The van der Waals surface area contributed by atoms with Crippen LogP contribution in [-0.2, 0) is 14.3 Å². The van der Waals surface area contributed by atoms with Crippen LogP contribution in [0.2, 0.25) is 0 Å². The van der Waals surface area contributed by atoms with E-state index in [0.717, 1.165) is 25.7 Å². The molecule has 2 N–H and O–H groups in total. The Morgan fingerprint density at radius 2 is 1.94 bits per heavy atom. The minimum Gasteiger partial charge on any atom is -0.463 e. The number of hydrogen-bond acceptors (Lipinski definition) is 4. The van der Waals surface area contributed by atoms with Crippen molar-refractivity contribution in [2.45, 2.75) is 52.0 Å². The van der Waals surface area contributed by atoms with E-state index in [2.05, 4.69) is 13.8 Å². The van der Waals surface area contributed by atoms with E-state index in [4.69, 9.17) is 15.2 Å². The molecule has 0 amide bonds. The maximum atomic E-state index is 11.9. The molecule has 0 radical (unpaired) electrons.